The molecule has 2 N–H and O–H groups in total. The van der Waals surface area contributed by atoms with Crippen molar-refractivity contribution in [3.05, 3.63) is 35.9 Å². The minimum atomic E-state index is -0.716. The molecule has 2 aliphatic carbocycles. The van der Waals surface area contributed by atoms with Crippen molar-refractivity contribution in [3.63, 3.8) is 0 Å². The van der Waals surface area contributed by atoms with Gasteiger partial charge in [0.2, 0.25) is 5.91 Å². The minimum absolute atomic E-state index is 0.00854. The number of aliphatic carboxylic acids is 1. The molecule has 0 atom stereocenters. The van der Waals surface area contributed by atoms with Gasteiger partial charge in [-0.3, -0.25) is 9.59 Å². The summed E-state index contributed by atoms with van der Waals surface area (Å²) in [5.74, 6) is -0.858. The number of nitrogens with one attached hydrogen (secondary N) is 1. The van der Waals surface area contributed by atoms with Gasteiger partial charge in [-0.2, -0.15) is 0 Å². The van der Waals surface area contributed by atoms with Gasteiger partial charge in [-0.15, -0.1) is 0 Å². The van der Waals surface area contributed by atoms with Crippen LogP contribution in [0.25, 0.3) is 0 Å². The maximum absolute atomic E-state index is 12.6. The van der Waals surface area contributed by atoms with Crippen molar-refractivity contribution in [2.45, 2.75) is 57.8 Å². The first-order valence-corrected chi connectivity index (χ1v) is 9.62. The van der Waals surface area contributed by atoms with Crippen LogP contribution in [0.5, 0.6) is 0 Å². The lowest BCUT2D eigenvalue weighted by Crippen LogP contribution is -2.41. The summed E-state index contributed by atoms with van der Waals surface area (Å²) in [6.07, 6.45) is 8.52. The van der Waals surface area contributed by atoms with Gasteiger partial charge in [0.05, 0.1) is 5.92 Å². The lowest BCUT2D eigenvalue weighted by atomic mass is 9.79. The van der Waals surface area contributed by atoms with Crippen LogP contribution in [0.1, 0.15) is 56.9 Å². The number of amides is 1. The Balaban J connectivity index is 1.53. The van der Waals surface area contributed by atoms with E-state index >= 15 is 0 Å². The van der Waals surface area contributed by atoms with Crippen molar-refractivity contribution < 1.29 is 14.7 Å². The zero-order valence-corrected chi connectivity index (χ0v) is 14.9. The van der Waals surface area contributed by atoms with Crippen LogP contribution < -0.4 is 5.32 Å². The van der Waals surface area contributed by atoms with Crippen molar-refractivity contribution in [1.29, 1.82) is 0 Å². The van der Waals surface area contributed by atoms with Gasteiger partial charge < -0.3 is 10.4 Å². The van der Waals surface area contributed by atoms with E-state index in [1.807, 2.05) is 6.07 Å². The van der Waals surface area contributed by atoms with Gasteiger partial charge in [0.1, 0.15) is 0 Å². The second-order valence-electron chi connectivity index (χ2n) is 7.97. The predicted molar refractivity (Wildman–Crippen MR) is 97.1 cm³/mol. The largest absolute Gasteiger partial charge is 0.481 e. The number of carbonyl (C=O) groups is 2. The lowest BCUT2D eigenvalue weighted by Gasteiger charge is -2.31. The third-order valence-corrected chi connectivity index (χ3v) is 6.17. The van der Waals surface area contributed by atoms with E-state index in [-0.39, 0.29) is 23.2 Å². The maximum Gasteiger partial charge on any atom is 0.306 e. The van der Waals surface area contributed by atoms with Crippen molar-refractivity contribution in [1.82, 2.24) is 5.32 Å². The van der Waals surface area contributed by atoms with Crippen LogP contribution in [-0.2, 0) is 16.0 Å². The number of carbonyl (C=O) groups excluding carboxylic acids is 1. The van der Waals surface area contributed by atoms with Gasteiger partial charge >= 0.3 is 5.97 Å². The molecule has 2 fully saturated rings. The molecule has 1 amide bonds. The highest BCUT2D eigenvalue weighted by Gasteiger charge is 2.36. The van der Waals surface area contributed by atoms with E-state index in [4.69, 9.17) is 5.11 Å². The molecule has 4 nitrogen and oxygen atoms in total. The first-order valence-electron chi connectivity index (χ1n) is 9.62. The molecule has 3 rings (SSSR count). The molecule has 2 aliphatic rings. The van der Waals surface area contributed by atoms with Gasteiger partial charge in [-0.05, 0) is 55.9 Å². The minimum Gasteiger partial charge on any atom is -0.481 e. The Bertz CT molecular complexity index is 584. The lowest BCUT2D eigenvalue weighted by molar-refractivity contribution is -0.144. The van der Waals surface area contributed by atoms with E-state index in [1.54, 1.807) is 0 Å². The van der Waals surface area contributed by atoms with Crippen LogP contribution in [-0.4, -0.2) is 23.5 Å². The molecule has 1 aromatic carbocycles. The third-order valence-electron chi connectivity index (χ3n) is 6.17. The molecule has 0 aromatic heterocycles. The molecule has 1 aromatic rings. The average Bonchev–Trinajstić information content (AvgIpc) is 3.09. The van der Waals surface area contributed by atoms with Crippen molar-refractivity contribution in [2.75, 3.05) is 6.54 Å². The number of carboxylic acid groups (broad SMARTS) is 1. The van der Waals surface area contributed by atoms with Crippen LogP contribution in [0.4, 0.5) is 0 Å². The molecular formula is C21H29NO3. The van der Waals surface area contributed by atoms with Crippen LogP contribution in [0, 0.1) is 17.3 Å². The van der Waals surface area contributed by atoms with Gasteiger partial charge in [0.15, 0.2) is 0 Å². The molecule has 25 heavy (non-hydrogen) atoms. The normalized spacial score (nSPS) is 25.4. The standard InChI is InChI=1S/C21H29NO3/c23-19(17-8-10-18(11-9-17)20(24)25)22-15-21(12-4-5-13-21)14-16-6-2-1-3-7-16/h1-3,6-7,17-18H,4-5,8-15H2,(H,22,23)(H,24,25). The Kier molecular flexibility index (Phi) is 5.77. The van der Waals surface area contributed by atoms with Crippen molar-refractivity contribution >= 4 is 11.9 Å². The van der Waals surface area contributed by atoms with E-state index in [0.29, 0.717) is 25.7 Å². The van der Waals surface area contributed by atoms with Crippen LogP contribution >= 0.6 is 0 Å². The Hall–Kier alpha value is -1.84. The van der Waals surface area contributed by atoms with Gasteiger partial charge in [-0.1, -0.05) is 43.2 Å². The topological polar surface area (TPSA) is 66.4 Å². The molecule has 136 valence electrons. The first-order chi connectivity index (χ1) is 12.1. The highest BCUT2D eigenvalue weighted by molar-refractivity contribution is 5.79. The molecule has 0 spiro atoms. The summed E-state index contributed by atoms with van der Waals surface area (Å²) in [5, 5.41) is 12.3. The van der Waals surface area contributed by atoms with Crippen LogP contribution in [0.2, 0.25) is 0 Å². The first kappa shape index (κ1) is 18.0. The SMILES string of the molecule is O=C(O)C1CCC(C(=O)NCC2(Cc3ccccc3)CCCC2)CC1. The third kappa shape index (κ3) is 4.62. The van der Waals surface area contributed by atoms with E-state index in [2.05, 4.69) is 29.6 Å². The van der Waals surface area contributed by atoms with Gasteiger partial charge in [0.25, 0.3) is 0 Å². The van der Waals surface area contributed by atoms with Crippen molar-refractivity contribution in [3.8, 4) is 0 Å². The fourth-order valence-electron chi connectivity index (χ4n) is 4.59. The number of carboxylic acids is 1. The van der Waals surface area contributed by atoms with Crippen LogP contribution in [0.3, 0.4) is 0 Å². The smallest absolute Gasteiger partial charge is 0.306 e. The maximum atomic E-state index is 12.6. The number of hydrogen-bond acceptors (Lipinski definition) is 2. The summed E-state index contributed by atoms with van der Waals surface area (Å²) in [7, 11) is 0. The zero-order valence-electron chi connectivity index (χ0n) is 14.9. The van der Waals surface area contributed by atoms with E-state index in [0.717, 1.165) is 13.0 Å². The molecule has 0 radical (unpaired) electrons. The van der Waals surface area contributed by atoms with E-state index in [9.17, 15) is 9.59 Å². The summed E-state index contributed by atoms with van der Waals surface area (Å²) in [5.41, 5.74) is 1.54. The fraction of sp³-hybridized carbons (Fsp3) is 0.619. The Morgan fingerprint density at radius 3 is 2.20 bits per heavy atom. The molecule has 0 bridgehead atoms. The quantitative estimate of drug-likeness (QED) is 0.826. The molecular weight excluding hydrogens is 314 g/mol. The molecule has 0 aliphatic heterocycles. The predicted octanol–water partition coefficient (Wildman–Crippen LogP) is 3.80. The molecule has 4 heteroatoms. The summed E-state index contributed by atoms with van der Waals surface area (Å²) in [6, 6.07) is 10.6. The second kappa shape index (κ2) is 8.03. The van der Waals surface area contributed by atoms with Crippen LogP contribution in [0.15, 0.2) is 30.3 Å². The Labute approximate surface area is 150 Å². The zero-order chi connectivity index (χ0) is 17.7. The molecule has 0 heterocycles. The number of rotatable bonds is 6. The highest BCUT2D eigenvalue weighted by atomic mass is 16.4. The highest BCUT2D eigenvalue weighted by Crippen LogP contribution is 2.40. The summed E-state index contributed by atoms with van der Waals surface area (Å²) in [4.78, 5) is 23.6. The monoisotopic (exact) mass is 343 g/mol. The molecule has 0 saturated heterocycles. The summed E-state index contributed by atoms with van der Waals surface area (Å²) in [6.45, 7) is 0.750. The molecule has 0 unspecified atom stereocenters. The van der Waals surface area contributed by atoms with Crippen molar-refractivity contribution in [2.24, 2.45) is 17.3 Å². The fourth-order valence-corrected chi connectivity index (χ4v) is 4.59. The van der Waals surface area contributed by atoms with Gasteiger partial charge in [-0.25, -0.2) is 0 Å². The summed E-state index contributed by atoms with van der Waals surface area (Å²) < 4.78 is 0. The average molecular weight is 343 g/mol. The number of hydrogen-bond donors (Lipinski definition) is 2. The Morgan fingerprint density at radius 2 is 1.60 bits per heavy atom. The second-order valence-corrected chi connectivity index (χ2v) is 7.97. The molecule has 2 saturated carbocycles. The Morgan fingerprint density at radius 1 is 1.00 bits per heavy atom. The van der Waals surface area contributed by atoms with E-state index in [1.165, 1.54) is 31.2 Å². The number of benzene rings is 1. The summed E-state index contributed by atoms with van der Waals surface area (Å²) >= 11 is 0. The van der Waals surface area contributed by atoms with Gasteiger partial charge in [0, 0.05) is 12.5 Å². The van der Waals surface area contributed by atoms with E-state index < -0.39 is 5.97 Å².